The number of aliphatic hydroxyl groups excluding tert-OH is 2. The zero-order valence-corrected chi connectivity index (χ0v) is 18.9. The van der Waals surface area contributed by atoms with Crippen molar-refractivity contribution in [1.82, 2.24) is 0 Å². The number of hydrogen-bond acceptors (Lipinski definition) is 4. The summed E-state index contributed by atoms with van der Waals surface area (Å²) in [7, 11) is 0. The summed E-state index contributed by atoms with van der Waals surface area (Å²) < 4.78 is 11.2. The van der Waals surface area contributed by atoms with Crippen molar-refractivity contribution in [3.63, 3.8) is 0 Å². The topological polar surface area (TPSA) is 58.9 Å². The molecular weight excluding hydrogens is 411 g/mol. The summed E-state index contributed by atoms with van der Waals surface area (Å²) in [6.45, 7) is 8.40. The fourth-order valence-electron chi connectivity index (χ4n) is 2.79. The molecule has 4 nitrogen and oxygen atoms in total. The van der Waals surface area contributed by atoms with Crippen LogP contribution in [0.1, 0.15) is 51.7 Å². The Labute approximate surface area is 183 Å². The molecule has 0 aliphatic heterocycles. The van der Waals surface area contributed by atoms with Gasteiger partial charge in [-0.15, -0.1) is 0 Å². The maximum Gasteiger partial charge on any atom is 0.138 e. The first-order valence-electron chi connectivity index (χ1n) is 9.90. The Bertz CT molecular complexity index is 742. The summed E-state index contributed by atoms with van der Waals surface area (Å²) >= 11 is 12.8. The van der Waals surface area contributed by atoms with Gasteiger partial charge in [0.05, 0.1) is 22.3 Å². The fourth-order valence-corrected chi connectivity index (χ4v) is 3.26. The highest BCUT2D eigenvalue weighted by molar-refractivity contribution is 6.32. The van der Waals surface area contributed by atoms with Gasteiger partial charge in [-0.05, 0) is 48.2 Å². The van der Waals surface area contributed by atoms with E-state index in [0.717, 1.165) is 11.1 Å². The van der Waals surface area contributed by atoms with Crippen molar-refractivity contribution >= 4 is 23.2 Å². The molecule has 0 saturated heterocycles. The molecule has 0 amide bonds. The predicted octanol–water partition coefficient (Wildman–Crippen LogP) is 5.62. The molecule has 0 aliphatic carbocycles. The molecular formula is C23H30Cl2O4. The Balaban J connectivity index is 2.19. The van der Waals surface area contributed by atoms with E-state index in [2.05, 4.69) is 13.8 Å². The van der Waals surface area contributed by atoms with Gasteiger partial charge in [0.1, 0.15) is 24.7 Å². The largest absolute Gasteiger partial charge is 0.489 e. The minimum atomic E-state index is -0.511. The molecule has 0 bridgehead atoms. The summed E-state index contributed by atoms with van der Waals surface area (Å²) in [4.78, 5) is 0. The molecule has 29 heavy (non-hydrogen) atoms. The van der Waals surface area contributed by atoms with Gasteiger partial charge in [0, 0.05) is 5.41 Å². The molecule has 0 radical (unpaired) electrons. The molecule has 0 unspecified atom stereocenters. The number of halogens is 2. The van der Waals surface area contributed by atoms with Crippen LogP contribution in [0.5, 0.6) is 11.5 Å². The summed E-state index contributed by atoms with van der Waals surface area (Å²) in [5.74, 6) is 1.10. The molecule has 2 N–H and O–H groups in total. The number of ether oxygens (including phenoxy) is 2. The molecule has 160 valence electrons. The van der Waals surface area contributed by atoms with Crippen LogP contribution < -0.4 is 9.47 Å². The molecule has 2 rings (SSSR count). The average Bonchev–Trinajstić information content (AvgIpc) is 2.71. The summed E-state index contributed by atoms with van der Waals surface area (Å²) in [6, 6.07) is 11.3. The second-order valence-corrected chi connectivity index (χ2v) is 8.48. The van der Waals surface area contributed by atoms with Gasteiger partial charge in [-0.25, -0.2) is 0 Å². The van der Waals surface area contributed by atoms with Crippen LogP contribution in [0.3, 0.4) is 0 Å². The SMILES string of the molecule is CC[C@H](O)COc1ccc(C(C)(C)c2ccc(OC[C@@H](O)CC)c(Cl)c2)cc1Cl. The van der Waals surface area contributed by atoms with Gasteiger partial charge in [0.25, 0.3) is 0 Å². The molecule has 0 heterocycles. The number of aliphatic hydroxyl groups is 2. The third-order valence-corrected chi connectivity index (χ3v) is 5.70. The van der Waals surface area contributed by atoms with Crippen LogP contribution in [0.2, 0.25) is 10.0 Å². The normalized spacial score (nSPS) is 13.8. The molecule has 0 saturated carbocycles. The second-order valence-electron chi connectivity index (χ2n) is 7.66. The van der Waals surface area contributed by atoms with Crippen molar-refractivity contribution in [2.45, 2.75) is 58.2 Å². The summed E-state index contributed by atoms with van der Waals surface area (Å²) in [6.07, 6.45) is 0.230. The van der Waals surface area contributed by atoms with Gasteiger partial charge in [-0.1, -0.05) is 63.0 Å². The molecule has 2 aromatic rings. The smallest absolute Gasteiger partial charge is 0.138 e. The van der Waals surface area contributed by atoms with E-state index >= 15 is 0 Å². The van der Waals surface area contributed by atoms with E-state index in [4.69, 9.17) is 32.7 Å². The van der Waals surface area contributed by atoms with Crippen LogP contribution in [0.15, 0.2) is 36.4 Å². The molecule has 6 heteroatoms. The Morgan fingerprint density at radius 2 is 1.17 bits per heavy atom. The first-order chi connectivity index (χ1) is 13.7. The standard InChI is InChI=1S/C23H30Cl2O4/c1-5-17(26)13-28-21-9-7-15(11-19(21)24)23(3,4)16-8-10-22(20(25)12-16)29-14-18(27)6-2/h7-12,17-18,26-27H,5-6,13-14H2,1-4H3/t17-,18-/m0/s1. The molecule has 0 aromatic heterocycles. The molecule has 2 aromatic carbocycles. The highest BCUT2D eigenvalue weighted by atomic mass is 35.5. The summed E-state index contributed by atoms with van der Waals surface area (Å²) in [5.41, 5.74) is 1.67. The van der Waals surface area contributed by atoms with E-state index in [-0.39, 0.29) is 18.6 Å². The quantitative estimate of drug-likeness (QED) is 0.503. The third-order valence-electron chi connectivity index (χ3n) is 5.11. The lowest BCUT2D eigenvalue weighted by Crippen LogP contribution is -2.20. The van der Waals surface area contributed by atoms with Crippen LogP contribution in [0, 0.1) is 0 Å². The van der Waals surface area contributed by atoms with Gasteiger partial charge in [0.15, 0.2) is 0 Å². The van der Waals surface area contributed by atoms with E-state index in [1.807, 2.05) is 50.2 Å². The zero-order valence-electron chi connectivity index (χ0n) is 17.4. The van der Waals surface area contributed by atoms with Crippen molar-refractivity contribution in [3.05, 3.63) is 57.6 Å². The Morgan fingerprint density at radius 3 is 1.48 bits per heavy atom. The second kappa shape index (κ2) is 10.5. The van der Waals surface area contributed by atoms with Gasteiger partial charge in [0.2, 0.25) is 0 Å². The van der Waals surface area contributed by atoms with Gasteiger partial charge in [-0.3, -0.25) is 0 Å². The third kappa shape index (κ3) is 6.26. The van der Waals surface area contributed by atoms with Gasteiger partial charge >= 0.3 is 0 Å². The number of rotatable bonds is 10. The van der Waals surface area contributed by atoms with Crippen LogP contribution >= 0.6 is 23.2 Å². The Kier molecular flexibility index (Phi) is 8.65. The van der Waals surface area contributed by atoms with E-state index in [0.29, 0.717) is 34.4 Å². The van der Waals surface area contributed by atoms with Crippen LogP contribution in [-0.4, -0.2) is 35.6 Å². The van der Waals surface area contributed by atoms with Crippen molar-refractivity contribution in [2.75, 3.05) is 13.2 Å². The first-order valence-corrected chi connectivity index (χ1v) is 10.7. The van der Waals surface area contributed by atoms with Crippen molar-refractivity contribution in [2.24, 2.45) is 0 Å². The Morgan fingerprint density at radius 1 is 0.793 bits per heavy atom. The predicted molar refractivity (Wildman–Crippen MR) is 119 cm³/mol. The highest BCUT2D eigenvalue weighted by Crippen LogP contribution is 2.38. The lowest BCUT2D eigenvalue weighted by molar-refractivity contribution is 0.104. The lowest BCUT2D eigenvalue weighted by atomic mass is 9.78. The maximum absolute atomic E-state index is 9.67. The van der Waals surface area contributed by atoms with Gasteiger partial charge < -0.3 is 19.7 Å². The number of benzene rings is 2. The lowest BCUT2D eigenvalue weighted by Gasteiger charge is -2.27. The van der Waals surface area contributed by atoms with E-state index in [1.54, 1.807) is 0 Å². The van der Waals surface area contributed by atoms with E-state index < -0.39 is 12.2 Å². The monoisotopic (exact) mass is 440 g/mol. The van der Waals surface area contributed by atoms with Crippen LogP contribution in [0.4, 0.5) is 0 Å². The van der Waals surface area contributed by atoms with Crippen molar-refractivity contribution in [1.29, 1.82) is 0 Å². The molecule has 0 aliphatic rings. The molecule has 0 fully saturated rings. The van der Waals surface area contributed by atoms with E-state index in [1.165, 1.54) is 0 Å². The fraction of sp³-hybridized carbons (Fsp3) is 0.478. The van der Waals surface area contributed by atoms with E-state index in [9.17, 15) is 10.2 Å². The van der Waals surface area contributed by atoms with Crippen molar-refractivity contribution in [3.8, 4) is 11.5 Å². The van der Waals surface area contributed by atoms with Crippen molar-refractivity contribution < 1.29 is 19.7 Å². The van der Waals surface area contributed by atoms with Crippen LogP contribution in [-0.2, 0) is 5.41 Å². The molecule has 0 spiro atoms. The minimum Gasteiger partial charge on any atom is -0.489 e. The maximum atomic E-state index is 9.67. The first kappa shape index (κ1) is 23.8. The molecule has 2 atom stereocenters. The van der Waals surface area contributed by atoms with Crippen LogP contribution in [0.25, 0.3) is 0 Å². The summed E-state index contributed by atoms with van der Waals surface area (Å²) in [5, 5.41) is 20.3. The van der Waals surface area contributed by atoms with Gasteiger partial charge in [-0.2, -0.15) is 0 Å². The minimum absolute atomic E-state index is 0.211. The highest BCUT2D eigenvalue weighted by Gasteiger charge is 2.25. The average molecular weight is 441 g/mol. The number of hydrogen-bond donors (Lipinski definition) is 2. The zero-order chi connectivity index (χ0) is 21.6. The Hall–Kier alpha value is -1.46.